The van der Waals surface area contributed by atoms with Gasteiger partial charge in [-0.15, -0.1) is 0 Å². The van der Waals surface area contributed by atoms with Crippen LogP contribution in [0, 0.1) is 5.92 Å². The molecule has 3 aromatic carbocycles. The maximum Gasteiger partial charge on any atom is 0.251 e. The molecule has 1 amide bonds. The molecule has 1 heterocycles. The van der Waals surface area contributed by atoms with Crippen LogP contribution in [0.3, 0.4) is 0 Å². The molecule has 0 spiro atoms. The first-order valence-corrected chi connectivity index (χ1v) is 9.53. The van der Waals surface area contributed by atoms with Crippen molar-refractivity contribution in [1.82, 2.24) is 5.32 Å². The molecule has 1 aliphatic rings. The molecule has 3 aromatic rings. The first kappa shape index (κ1) is 17.3. The third kappa shape index (κ3) is 4.20. The Morgan fingerprint density at radius 1 is 0.852 bits per heavy atom. The number of amides is 1. The molecule has 0 saturated carbocycles. The summed E-state index contributed by atoms with van der Waals surface area (Å²) in [5.41, 5.74) is 4.27. The van der Waals surface area contributed by atoms with Crippen LogP contribution >= 0.6 is 0 Å². The van der Waals surface area contributed by atoms with Gasteiger partial charge in [0.2, 0.25) is 0 Å². The monoisotopic (exact) mass is 356 g/mol. The van der Waals surface area contributed by atoms with Crippen molar-refractivity contribution in [3.63, 3.8) is 0 Å². The Hall–Kier alpha value is -3.07. The van der Waals surface area contributed by atoms with Crippen molar-refractivity contribution < 1.29 is 4.79 Å². The molecule has 0 unspecified atom stereocenters. The Bertz CT molecular complexity index is 875. The van der Waals surface area contributed by atoms with Crippen LogP contribution in [0.1, 0.15) is 16.8 Å². The van der Waals surface area contributed by atoms with Gasteiger partial charge in [-0.05, 0) is 47.7 Å². The van der Waals surface area contributed by atoms with Crippen molar-refractivity contribution >= 4 is 11.6 Å². The van der Waals surface area contributed by atoms with Crippen LogP contribution < -0.4 is 10.2 Å². The molecular weight excluding hydrogens is 332 g/mol. The molecule has 3 nitrogen and oxygen atoms in total. The maximum absolute atomic E-state index is 12.5. The van der Waals surface area contributed by atoms with Crippen LogP contribution in [-0.4, -0.2) is 25.5 Å². The number of carbonyl (C=O) groups is 1. The highest BCUT2D eigenvalue weighted by molar-refractivity contribution is 5.94. The lowest BCUT2D eigenvalue weighted by Gasteiger charge is -2.18. The third-order valence-electron chi connectivity index (χ3n) is 5.21. The van der Waals surface area contributed by atoms with Gasteiger partial charge in [0.25, 0.3) is 5.91 Å². The van der Waals surface area contributed by atoms with E-state index >= 15 is 0 Å². The third-order valence-corrected chi connectivity index (χ3v) is 5.21. The topological polar surface area (TPSA) is 32.3 Å². The fourth-order valence-corrected chi connectivity index (χ4v) is 3.66. The van der Waals surface area contributed by atoms with E-state index in [4.69, 9.17) is 0 Å². The maximum atomic E-state index is 12.5. The molecule has 0 aliphatic carbocycles. The summed E-state index contributed by atoms with van der Waals surface area (Å²) in [5.74, 6) is 0.505. The van der Waals surface area contributed by atoms with Gasteiger partial charge < -0.3 is 10.2 Å². The Balaban J connectivity index is 1.31. The molecule has 136 valence electrons. The minimum absolute atomic E-state index is 0.00720. The average Bonchev–Trinajstić information content (AvgIpc) is 3.22. The first-order chi connectivity index (χ1) is 13.3. The van der Waals surface area contributed by atoms with Crippen molar-refractivity contribution in [1.29, 1.82) is 0 Å². The Labute approximate surface area is 160 Å². The molecule has 0 aromatic heterocycles. The number of carbonyl (C=O) groups excluding carboxylic acids is 1. The van der Waals surface area contributed by atoms with E-state index < -0.39 is 0 Å². The number of nitrogens with zero attached hydrogens (tertiary/aromatic N) is 1. The second-order valence-electron chi connectivity index (χ2n) is 7.09. The zero-order chi connectivity index (χ0) is 18.5. The number of anilines is 1. The van der Waals surface area contributed by atoms with Gasteiger partial charge in [0.1, 0.15) is 0 Å². The van der Waals surface area contributed by atoms with Crippen LogP contribution in [-0.2, 0) is 0 Å². The number of para-hydroxylation sites is 1. The average molecular weight is 356 g/mol. The largest absolute Gasteiger partial charge is 0.371 e. The summed E-state index contributed by atoms with van der Waals surface area (Å²) in [6, 6.07) is 28.5. The van der Waals surface area contributed by atoms with Crippen LogP contribution in [0.5, 0.6) is 0 Å². The molecule has 1 saturated heterocycles. The molecule has 0 radical (unpaired) electrons. The molecule has 27 heavy (non-hydrogen) atoms. The van der Waals surface area contributed by atoms with E-state index in [1.54, 1.807) is 0 Å². The Kier molecular flexibility index (Phi) is 5.20. The Morgan fingerprint density at radius 2 is 1.48 bits per heavy atom. The van der Waals surface area contributed by atoms with Crippen LogP contribution in [0.2, 0.25) is 0 Å². The molecule has 3 heteroatoms. The minimum atomic E-state index is 0.00720. The highest BCUT2D eigenvalue weighted by Gasteiger charge is 2.23. The zero-order valence-corrected chi connectivity index (χ0v) is 15.3. The van der Waals surface area contributed by atoms with E-state index in [-0.39, 0.29) is 5.91 Å². The van der Waals surface area contributed by atoms with Crippen molar-refractivity contribution in [3.05, 3.63) is 90.5 Å². The van der Waals surface area contributed by atoms with Crippen LogP contribution in [0.15, 0.2) is 84.9 Å². The smallest absolute Gasteiger partial charge is 0.251 e. The predicted octanol–water partition coefficient (Wildman–Crippen LogP) is 4.61. The van der Waals surface area contributed by atoms with E-state index in [2.05, 4.69) is 46.6 Å². The number of benzene rings is 3. The van der Waals surface area contributed by atoms with Crippen molar-refractivity contribution in [2.24, 2.45) is 5.92 Å². The van der Waals surface area contributed by atoms with Crippen molar-refractivity contribution in [2.75, 3.05) is 24.5 Å². The lowest BCUT2D eigenvalue weighted by atomic mass is 10.0. The summed E-state index contributed by atoms with van der Waals surface area (Å²) in [7, 11) is 0. The quantitative estimate of drug-likeness (QED) is 0.724. The lowest BCUT2D eigenvalue weighted by molar-refractivity contribution is 0.0948. The number of hydrogen-bond donors (Lipinski definition) is 1. The van der Waals surface area contributed by atoms with Gasteiger partial charge in [-0.3, -0.25) is 4.79 Å². The standard InChI is InChI=1S/C24H24N2O/c27-24(22-13-11-21(12-14-22)20-7-3-1-4-8-20)25-17-19-15-16-26(18-19)23-9-5-2-6-10-23/h1-14,19H,15-18H2,(H,25,27)/t19-/m1/s1. The fraction of sp³-hybridized carbons (Fsp3) is 0.208. The number of hydrogen-bond acceptors (Lipinski definition) is 2. The molecule has 1 N–H and O–H groups in total. The molecule has 1 fully saturated rings. The number of rotatable bonds is 5. The Morgan fingerprint density at radius 3 is 2.19 bits per heavy atom. The second-order valence-corrected chi connectivity index (χ2v) is 7.09. The van der Waals surface area contributed by atoms with Crippen LogP contribution in [0.4, 0.5) is 5.69 Å². The van der Waals surface area contributed by atoms with E-state index in [0.29, 0.717) is 11.5 Å². The van der Waals surface area contributed by atoms with Gasteiger partial charge in [-0.25, -0.2) is 0 Å². The van der Waals surface area contributed by atoms with Gasteiger partial charge in [0.15, 0.2) is 0 Å². The zero-order valence-electron chi connectivity index (χ0n) is 15.3. The van der Waals surface area contributed by atoms with E-state index in [1.807, 2.05) is 48.5 Å². The molecular formula is C24H24N2O. The van der Waals surface area contributed by atoms with Crippen molar-refractivity contribution in [3.8, 4) is 11.1 Å². The summed E-state index contributed by atoms with van der Waals surface area (Å²) >= 11 is 0. The molecule has 1 aliphatic heterocycles. The number of nitrogens with one attached hydrogen (secondary N) is 1. The van der Waals surface area contributed by atoms with E-state index in [9.17, 15) is 4.79 Å². The highest BCUT2D eigenvalue weighted by atomic mass is 16.1. The van der Waals surface area contributed by atoms with Gasteiger partial charge in [-0.2, -0.15) is 0 Å². The summed E-state index contributed by atoms with van der Waals surface area (Å²) < 4.78 is 0. The lowest BCUT2D eigenvalue weighted by Crippen LogP contribution is -2.31. The molecule has 1 atom stereocenters. The predicted molar refractivity (Wildman–Crippen MR) is 111 cm³/mol. The van der Waals surface area contributed by atoms with E-state index in [1.165, 1.54) is 5.69 Å². The highest BCUT2D eigenvalue weighted by Crippen LogP contribution is 2.23. The van der Waals surface area contributed by atoms with Gasteiger partial charge in [0, 0.05) is 30.9 Å². The molecule has 0 bridgehead atoms. The van der Waals surface area contributed by atoms with Crippen molar-refractivity contribution in [2.45, 2.75) is 6.42 Å². The van der Waals surface area contributed by atoms with Crippen LogP contribution in [0.25, 0.3) is 11.1 Å². The SMILES string of the molecule is O=C(NC[C@H]1CCN(c2ccccc2)C1)c1ccc(-c2ccccc2)cc1. The first-order valence-electron chi connectivity index (χ1n) is 9.53. The fourth-order valence-electron chi connectivity index (χ4n) is 3.66. The summed E-state index contributed by atoms with van der Waals surface area (Å²) in [6.07, 6.45) is 1.11. The summed E-state index contributed by atoms with van der Waals surface area (Å²) in [6.45, 7) is 2.77. The summed E-state index contributed by atoms with van der Waals surface area (Å²) in [5, 5.41) is 3.11. The van der Waals surface area contributed by atoms with Gasteiger partial charge in [0.05, 0.1) is 0 Å². The summed E-state index contributed by atoms with van der Waals surface area (Å²) in [4.78, 5) is 14.9. The van der Waals surface area contributed by atoms with Gasteiger partial charge in [-0.1, -0.05) is 60.7 Å². The normalized spacial score (nSPS) is 16.3. The van der Waals surface area contributed by atoms with Gasteiger partial charge >= 0.3 is 0 Å². The minimum Gasteiger partial charge on any atom is -0.371 e. The molecule has 4 rings (SSSR count). The van der Waals surface area contributed by atoms with E-state index in [0.717, 1.165) is 37.2 Å². The second kappa shape index (κ2) is 8.09.